The number of halogens is 1. The van der Waals surface area contributed by atoms with Gasteiger partial charge in [-0.25, -0.2) is 0 Å². The standard InChI is InChI=1S/C16H13ClN2O/c17-12-7-4-8-13(9-12)19-10-14(20)15(16(19)18)11-5-2-1-3-6-11/h1-9,18,20H,10H2. The Morgan fingerprint density at radius 1 is 1.05 bits per heavy atom. The molecule has 2 aromatic rings. The second-order valence-corrected chi connectivity index (χ2v) is 5.04. The van der Waals surface area contributed by atoms with Crippen molar-refractivity contribution < 1.29 is 5.11 Å². The Labute approximate surface area is 122 Å². The van der Waals surface area contributed by atoms with Crippen molar-refractivity contribution in [1.29, 1.82) is 5.41 Å². The molecule has 0 bridgehead atoms. The van der Waals surface area contributed by atoms with Gasteiger partial charge in [-0.2, -0.15) is 0 Å². The Kier molecular flexibility index (Phi) is 3.20. The normalized spacial score (nSPS) is 15.1. The van der Waals surface area contributed by atoms with Crippen molar-refractivity contribution in [3.05, 3.63) is 70.9 Å². The Bertz CT molecular complexity index is 695. The van der Waals surface area contributed by atoms with Gasteiger partial charge in [0, 0.05) is 10.7 Å². The van der Waals surface area contributed by atoms with Crippen LogP contribution in [0.1, 0.15) is 5.56 Å². The molecule has 0 saturated heterocycles. The fourth-order valence-electron chi connectivity index (χ4n) is 2.35. The van der Waals surface area contributed by atoms with E-state index in [4.69, 9.17) is 17.0 Å². The quantitative estimate of drug-likeness (QED) is 0.872. The van der Waals surface area contributed by atoms with Gasteiger partial charge in [-0.3, -0.25) is 5.41 Å². The molecular formula is C16H13ClN2O. The lowest BCUT2D eigenvalue weighted by Crippen LogP contribution is -2.25. The lowest BCUT2D eigenvalue weighted by atomic mass is 10.1. The second-order valence-electron chi connectivity index (χ2n) is 4.60. The molecule has 2 aromatic carbocycles. The van der Waals surface area contributed by atoms with E-state index in [0.717, 1.165) is 11.3 Å². The SMILES string of the molecule is N=C1C(c2ccccc2)=C(O)CN1c1cccc(Cl)c1. The van der Waals surface area contributed by atoms with E-state index >= 15 is 0 Å². The summed E-state index contributed by atoms with van der Waals surface area (Å²) in [7, 11) is 0. The van der Waals surface area contributed by atoms with Gasteiger partial charge in [0.05, 0.1) is 12.1 Å². The van der Waals surface area contributed by atoms with Crippen LogP contribution in [-0.2, 0) is 0 Å². The van der Waals surface area contributed by atoms with Crippen molar-refractivity contribution in [1.82, 2.24) is 0 Å². The molecule has 0 atom stereocenters. The van der Waals surface area contributed by atoms with E-state index in [1.54, 1.807) is 17.0 Å². The Morgan fingerprint density at radius 2 is 1.80 bits per heavy atom. The van der Waals surface area contributed by atoms with Crippen LogP contribution in [-0.4, -0.2) is 17.5 Å². The van der Waals surface area contributed by atoms with Crippen molar-refractivity contribution in [3.8, 4) is 0 Å². The summed E-state index contributed by atoms with van der Waals surface area (Å²) in [5.41, 5.74) is 2.23. The number of benzene rings is 2. The summed E-state index contributed by atoms with van der Waals surface area (Å²) in [5.74, 6) is 0.497. The van der Waals surface area contributed by atoms with Crippen LogP contribution in [0.15, 0.2) is 60.4 Å². The Hall–Kier alpha value is -2.26. The first-order valence-corrected chi connectivity index (χ1v) is 6.64. The topological polar surface area (TPSA) is 47.3 Å². The van der Waals surface area contributed by atoms with Crippen molar-refractivity contribution in [3.63, 3.8) is 0 Å². The Balaban J connectivity index is 1.97. The molecule has 0 radical (unpaired) electrons. The predicted octanol–water partition coefficient (Wildman–Crippen LogP) is 4.11. The van der Waals surface area contributed by atoms with E-state index in [9.17, 15) is 5.11 Å². The van der Waals surface area contributed by atoms with Crippen molar-refractivity contribution in [2.75, 3.05) is 11.4 Å². The monoisotopic (exact) mass is 284 g/mol. The highest BCUT2D eigenvalue weighted by molar-refractivity contribution is 6.32. The minimum atomic E-state index is 0.209. The first kappa shape index (κ1) is 12.8. The van der Waals surface area contributed by atoms with Crippen LogP contribution in [0.2, 0.25) is 5.02 Å². The molecule has 1 aliphatic rings. The number of hydrogen-bond acceptors (Lipinski definition) is 2. The summed E-state index contributed by atoms with van der Waals surface area (Å²) in [5, 5.41) is 19.1. The zero-order chi connectivity index (χ0) is 14.1. The molecule has 0 unspecified atom stereocenters. The third-order valence-electron chi connectivity index (χ3n) is 3.29. The predicted molar refractivity (Wildman–Crippen MR) is 82.5 cm³/mol. The number of nitrogens with zero attached hydrogens (tertiary/aromatic N) is 1. The molecule has 100 valence electrons. The highest BCUT2D eigenvalue weighted by Gasteiger charge is 2.29. The van der Waals surface area contributed by atoms with Gasteiger partial charge < -0.3 is 10.0 Å². The van der Waals surface area contributed by atoms with Gasteiger partial charge >= 0.3 is 0 Å². The average molecular weight is 285 g/mol. The molecular weight excluding hydrogens is 272 g/mol. The van der Waals surface area contributed by atoms with Gasteiger partial charge in [-0.05, 0) is 23.8 Å². The molecule has 3 nitrogen and oxygen atoms in total. The molecule has 2 N–H and O–H groups in total. The Morgan fingerprint density at radius 3 is 2.50 bits per heavy atom. The summed E-state index contributed by atoms with van der Waals surface area (Å²) >= 11 is 5.99. The first-order chi connectivity index (χ1) is 9.66. The van der Waals surface area contributed by atoms with Crippen LogP contribution in [0, 0.1) is 5.41 Å². The van der Waals surface area contributed by atoms with Gasteiger partial charge in [-0.15, -0.1) is 0 Å². The molecule has 0 fully saturated rings. The van der Waals surface area contributed by atoms with Gasteiger partial charge in [0.2, 0.25) is 0 Å². The molecule has 4 heteroatoms. The van der Waals surface area contributed by atoms with E-state index in [-0.39, 0.29) is 11.6 Å². The fraction of sp³-hybridized carbons (Fsp3) is 0.0625. The molecule has 0 aliphatic carbocycles. The molecule has 1 heterocycles. The average Bonchev–Trinajstić information content (AvgIpc) is 2.75. The summed E-state index contributed by atoms with van der Waals surface area (Å²) < 4.78 is 0. The molecule has 1 aliphatic heterocycles. The lowest BCUT2D eigenvalue weighted by Gasteiger charge is -2.19. The lowest BCUT2D eigenvalue weighted by molar-refractivity contribution is 0.411. The molecule has 0 spiro atoms. The summed E-state index contributed by atoms with van der Waals surface area (Å²) in [6, 6.07) is 16.8. The highest BCUT2D eigenvalue weighted by Crippen LogP contribution is 2.31. The molecule has 0 amide bonds. The molecule has 3 rings (SSSR count). The van der Waals surface area contributed by atoms with E-state index in [1.807, 2.05) is 42.5 Å². The van der Waals surface area contributed by atoms with Gasteiger partial charge in [0.25, 0.3) is 0 Å². The number of amidine groups is 1. The number of rotatable bonds is 2. The summed E-state index contributed by atoms with van der Waals surface area (Å²) in [6.45, 7) is 0.295. The highest BCUT2D eigenvalue weighted by atomic mass is 35.5. The van der Waals surface area contributed by atoms with Crippen LogP contribution in [0.3, 0.4) is 0 Å². The maximum absolute atomic E-state index is 10.2. The van der Waals surface area contributed by atoms with Crippen molar-refractivity contribution in [2.45, 2.75) is 0 Å². The number of nitrogens with one attached hydrogen (secondary N) is 1. The molecule has 0 saturated carbocycles. The minimum absolute atomic E-state index is 0.209. The van der Waals surface area contributed by atoms with Crippen molar-refractivity contribution >= 4 is 28.7 Å². The fourth-order valence-corrected chi connectivity index (χ4v) is 2.54. The van der Waals surface area contributed by atoms with E-state index in [0.29, 0.717) is 17.1 Å². The first-order valence-electron chi connectivity index (χ1n) is 6.26. The van der Waals surface area contributed by atoms with Crippen LogP contribution in [0.5, 0.6) is 0 Å². The maximum atomic E-state index is 10.2. The number of aliphatic hydroxyl groups excluding tert-OH is 1. The smallest absolute Gasteiger partial charge is 0.137 e. The van der Waals surface area contributed by atoms with Crippen LogP contribution >= 0.6 is 11.6 Å². The summed E-state index contributed by atoms with van der Waals surface area (Å²) in [6.07, 6.45) is 0. The zero-order valence-corrected chi connectivity index (χ0v) is 11.4. The third kappa shape index (κ3) is 2.17. The van der Waals surface area contributed by atoms with Crippen LogP contribution in [0.25, 0.3) is 5.57 Å². The second kappa shape index (κ2) is 5.02. The number of anilines is 1. The van der Waals surface area contributed by atoms with Crippen molar-refractivity contribution in [2.24, 2.45) is 0 Å². The van der Waals surface area contributed by atoms with E-state index in [1.165, 1.54) is 0 Å². The summed E-state index contributed by atoms with van der Waals surface area (Å²) in [4.78, 5) is 1.74. The van der Waals surface area contributed by atoms with Crippen LogP contribution < -0.4 is 4.90 Å². The number of aliphatic hydroxyl groups is 1. The molecule has 0 aromatic heterocycles. The number of hydrogen-bond donors (Lipinski definition) is 2. The largest absolute Gasteiger partial charge is 0.510 e. The molecule has 20 heavy (non-hydrogen) atoms. The maximum Gasteiger partial charge on any atom is 0.137 e. The minimum Gasteiger partial charge on any atom is -0.510 e. The van der Waals surface area contributed by atoms with Gasteiger partial charge in [0.1, 0.15) is 11.6 Å². The zero-order valence-electron chi connectivity index (χ0n) is 10.7. The van der Waals surface area contributed by atoms with E-state index in [2.05, 4.69) is 0 Å². The third-order valence-corrected chi connectivity index (χ3v) is 3.52. The van der Waals surface area contributed by atoms with Crippen LogP contribution in [0.4, 0.5) is 5.69 Å². The van der Waals surface area contributed by atoms with E-state index < -0.39 is 0 Å². The van der Waals surface area contributed by atoms with Gasteiger partial charge in [0.15, 0.2) is 0 Å². The van der Waals surface area contributed by atoms with Gasteiger partial charge in [-0.1, -0.05) is 48.0 Å².